The van der Waals surface area contributed by atoms with E-state index in [9.17, 15) is 15.4 Å². The van der Waals surface area contributed by atoms with E-state index in [2.05, 4.69) is 6.07 Å². The van der Waals surface area contributed by atoms with Crippen LogP contribution in [0.15, 0.2) is 72.8 Å². The van der Waals surface area contributed by atoms with Gasteiger partial charge in [0.2, 0.25) is 0 Å². The van der Waals surface area contributed by atoms with Crippen LogP contribution in [-0.4, -0.2) is 4.92 Å². The summed E-state index contributed by atoms with van der Waals surface area (Å²) < 4.78 is 5.71. The van der Waals surface area contributed by atoms with Crippen molar-refractivity contribution in [2.75, 3.05) is 0 Å². The summed E-state index contributed by atoms with van der Waals surface area (Å²) in [6.45, 7) is 0.307. The summed E-state index contributed by atoms with van der Waals surface area (Å²) in [4.78, 5) is 10.2. The molecule has 0 bridgehead atoms. The van der Waals surface area contributed by atoms with Gasteiger partial charge >= 0.3 is 0 Å². The molecule has 3 aromatic rings. The molecule has 28 heavy (non-hydrogen) atoms. The van der Waals surface area contributed by atoms with Crippen molar-refractivity contribution in [2.45, 2.75) is 6.61 Å². The lowest BCUT2D eigenvalue weighted by molar-refractivity contribution is -0.384. The van der Waals surface area contributed by atoms with Crippen LogP contribution < -0.4 is 4.74 Å². The molecule has 0 amide bonds. The number of hydrogen-bond acceptors (Lipinski definition) is 4. The van der Waals surface area contributed by atoms with E-state index in [1.165, 1.54) is 12.1 Å². The van der Waals surface area contributed by atoms with Crippen LogP contribution in [0.1, 0.15) is 16.7 Å². The first-order valence-corrected chi connectivity index (χ1v) is 8.77. The molecule has 0 aliphatic heterocycles. The Labute approximate surface area is 167 Å². The molecule has 0 aromatic heterocycles. The maximum atomic E-state index is 10.7. The minimum atomic E-state index is -0.434. The van der Waals surface area contributed by atoms with Crippen molar-refractivity contribution in [3.05, 3.63) is 105 Å². The summed E-state index contributed by atoms with van der Waals surface area (Å²) >= 11 is 5.89. The number of halogens is 1. The fraction of sp³-hybridized carbons (Fsp3) is 0.0455. The topological polar surface area (TPSA) is 76.2 Å². The molecular formula is C22H15ClN2O3. The molecule has 0 radical (unpaired) electrons. The fourth-order valence-corrected chi connectivity index (χ4v) is 2.64. The van der Waals surface area contributed by atoms with Gasteiger partial charge in [0, 0.05) is 17.2 Å². The Kier molecular flexibility index (Phi) is 6.05. The van der Waals surface area contributed by atoms with Crippen molar-refractivity contribution in [3.8, 4) is 11.8 Å². The molecule has 0 aliphatic rings. The van der Waals surface area contributed by atoms with Gasteiger partial charge in [0.05, 0.1) is 16.6 Å². The van der Waals surface area contributed by atoms with E-state index in [1.807, 2.05) is 24.3 Å². The third kappa shape index (κ3) is 4.97. The summed E-state index contributed by atoms with van der Waals surface area (Å²) in [6.07, 6.45) is 1.79. The summed E-state index contributed by atoms with van der Waals surface area (Å²) in [5.74, 6) is 0.667. The van der Waals surface area contributed by atoms with E-state index in [1.54, 1.807) is 42.5 Å². The SMILES string of the molecule is N#CC(=Cc1ccc(OCc2ccc([N+](=O)[O-])cc2)cc1)c1ccc(Cl)cc1. The third-order valence-corrected chi connectivity index (χ3v) is 4.27. The van der Waals surface area contributed by atoms with Crippen LogP contribution in [0.3, 0.4) is 0 Å². The molecule has 138 valence electrons. The molecule has 0 atom stereocenters. The number of nitrogens with zero attached hydrogens (tertiary/aromatic N) is 2. The molecule has 6 heteroatoms. The highest BCUT2D eigenvalue weighted by atomic mass is 35.5. The van der Waals surface area contributed by atoms with Crippen molar-refractivity contribution in [1.82, 2.24) is 0 Å². The first-order valence-electron chi connectivity index (χ1n) is 8.39. The van der Waals surface area contributed by atoms with Crippen molar-refractivity contribution in [2.24, 2.45) is 0 Å². The Morgan fingerprint density at radius 3 is 2.25 bits per heavy atom. The number of non-ortho nitro benzene ring substituents is 1. The van der Waals surface area contributed by atoms with Crippen molar-refractivity contribution < 1.29 is 9.66 Å². The second kappa shape index (κ2) is 8.85. The zero-order valence-corrected chi connectivity index (χ0v) is 15.5. The van der Waals surface area contributed by atoms with Crippen LogP contribution in [0.25, 0.3) is 11.6 Å². The number of nitriles is 1. The molecule has 0 aliphatic carbocycles. The standard InChI is InChI=1S/C22H15ClN2O3/c23-20-7-5-18(6-8-20)19(14-24)13-16-3-11-22(12-4-16)28-15-17-1-9-21(10-2-17)25(26)27/h1-13H,15H2. The predicted molar refractivity (Wildman–Crippen MR) is 109 cm³/mol. The van der Waals surface area contributed by atoms with Crippen LogP contribution in [0.5, 0.6) is 5.75 Å². The maximum absolute atomic E-state index is 10.7. The lowest BCUT2D eigenvalue weighted by Gasteiger charge is -2.07. The first-order chi connectivity index (χ1) is 13.5. The largest absolute Gasteiger partial charge is 0.489 e. The molecule has 0 unspecified atom stereocenters. The van der Waals surface area contributed by atoms with Gasteiger partial charge in [-0.25, -0.2) is 0 Å². The smallest absolute Gasteiger partial charge is 0.269 e. The lowest BCUT2D eigenvalue weighted by Crippen LogP contribution is -1.96. The molecule has 0 saturated carbocycles. The van der Waals surface area contributed by atoms with E-state index >= 15 is 0 Å². The fourth-order valence-electron chi connectivity index (χ4n) is 2.52. The number of benzene rings is 3. The summed E-state index contributed by atoms with van der Waals surface area (Å²) in [5.41, 5.74) is 3.09. The normalized spacial score (nSPS) is 10.9. The van der Waals surface area contributed by atoms with Crippen molar-refractivity contribution in [3.63, 3.8) is 0 Å². The number of nitro groups is 1. The van der Waals surface area contributed by atoms with Crippen LogP contribution in [0, 0.1) is 21.4 Å². The minimum absolute atomic E-state index is 0.0499. The highest BCUT2D eigenvalue weighted by molar-refractivity contribution is 6.30. The van der Waals surface area contributed by atoms with Crippen LogP contribution >= 0.6 is 11.6 Å². The Balaban J connectivity index is 1.66. The average Bonchev–Trinajstić information content (AvgIpc) is 2.72. The number of rotatable bonds is 6. The average molecular weight is 391 g/mol. The Bertz CT molecular complexity index is 1040. The van der Waals surface area contributed by atoms with E-state index < -0.39 is 4.92 Å². The zero-order chi connectivity index (χ0) is 19.9. The second-order valence-corrected chi connectivity index (χ2v) is 6.39. The predicted octanol–water partition coefficient (Wildman–Crippen LogP) is 5.89. The summed E-state index contributed by atoms with van der Waals surface area (Å²) in [6, 6.07) is 22.9. The van der Waals surface area contributed by atoms with Gasteiger partial charge in [0.1, 0.15) is 12.4 Å². The second-order valence-electron chi connectivity index (χ2n) is 5.96. The maximum Gasteiger partial charge on any atom is 0.269 e. The molecule has 5 nitrogen and oxygen atoms in total. The molecule has 0 spiro atoms. The molecule has 3 aromatic carbocycles. The molecule has 0 fully saturated rings. The molecule has 0 saturated heterocycles. The third-order valence-electron chi connectivity index (χ3n) is 4.02. The summed E-state index contributed by atoms with van der Waals surface area (Å²) in [5, 5.41) is 20.7. The van der Waals surface area contributed by atoms with Crippen LogP contribution in [0.2, 0.25) is 5.02 Å². The number of nitro benzene ring substituents is 1. The Morgan fingerprint density at radius 2 is 1.68 bits per heavy atom. The van der Waals surface area contributed by atoms with E-state index in [0.717, 1.165) is 16.7 Å². The van der Waals surface area contributed by atoms with Gasteiger partial charge in [-0.15, -0.1) is 0 Å². The van der Waals surface area contributed by atoms with Gasteiger partial charge in [-0.3, -0.25) is 10.1 Å². The minimum Gasteiger partial charge on any atom is -0.489 e. The van der Waals surface area contributed by atoms with Gasteiger partial charge in [-0.05, 0) is 59.2 Å². The van der Waals surface area contributed by atoms with Crippen molar-refractivity contribution in [1.29, 1.82) is 5.26 Å². The number of ether oxygens (including phenoxy) is 1. The van der Waals surface area contributed by atoms with Crippen molar-refractivity contribution >= 4 is 28.9 Å². The highest BCUT2D eigenvalue weighted by Crippen LogP contribution is 2.22. The Morgan fingerprint density at radius 1 is 1.04 bits per heavy atom. The monoisotopic (exact) mass is 390 g/mol. The molecule has 3 rings (SSSR count). The summed E-state index contributed by atoms with van der Waals surface area (Å²) in [7, 11) is 0. The van der Waals surface area contributed by atoms with Crippen LogP contribution in [-0.2, 0) is 6.61 Å². The molecule has 0 heterocycles. The van der Waals surface area contributed by atoms with E-state index in [-0.39, 0.29) is 5.69 Å². The van der Waals surface area contributed by atoms with Gasteiger partial charge in [-0.1, -0.05) is 35.9 Å². The first kappa shape index (κ1) is 19.2. The molecule has 0 N–H and O–H groups in total. The van der Waals surface area contributed by atoms with Gasteiger partial charge in [0.15, 0.2) is 0 Å². The Hall–Kier alpha value is -3.62. The number of hydrogen-bond donors (Lipinski definition) is 0. The van der Waals surface area contributed by atoms with Gasteiger partial charge < -0.3 is 4.74 Å². The van der Waals surface area contributed by atoms with Gasteiger partial charge in [0.25, 0.3) is 5.69 Å². The lowest BCUT2D eigenvalue weighted by atomic mass is 10.0. The molecular weight excluding hydrogens is 376 g/mol. The van der Waals surface area contributed by atoms with E-state index in [4.69, 9.17) is 16.3 Å². The van der Waals surface area contributed by atoms with Gasteiger partial charge in [-0.2, -0.15) is 5.26 Å². The van der Waals surface area contributed by atoms with Crippen LogP contribution in [0.4, 0.5) is 5.69 Å². The zero-order valence-electron chi connectivity index (χ0n) is 14.7. The van der Waals surface area contributed by atoms with E-state index in [0.29, 0.717) is 23.0 Å². The number of allylic oxidation sites excluding steroid dienone is 1. The quantitative estimate of drug-likeness (QED) is 0.227. The highest BCUT2D eigenvalue weighted by Gasteiger charge is 2.05.